The van der Waals surface area contributed by atoms with Crippen molar-refractivity contribution in [1.29, 1.82) is 0 Å². The lowest BCUT2D eigenvalue weighted by atomic mass is 10.2. The minimum atomic E-state index is -1.09. The van der Waals surface area contributed by atoms with Gasteiger partial charge in [0.2, 0.25) is 5.89 Å². The summed E-state index contributed by atoms with van der Waals surface area (Å²) >= 11 is 3.15. The van der Waals surface area contributed by atoms with Crippen LogP contribution in [-0.4, -0.2) is 39.5 Å². The van der Waals surface area contributed by atoms with Gasteiger partial charge in [-0.1, -0.05) is 15.9 Å². The Morgan fingerprint density at radius 1 is 1.43 bits per heavy atom. The fourth-order valence-corrected chi connectivity index (χ4v) is 2.54. The number of carbonyl (C=O) groups is 2. The Labute approximate surface area is 139 Å². The summed E-state index contributed by atoms with van der Waals surface area (Å²) in [4.78, 5) is 28.5. The number of halogens is 2. The Balaban J connectivity index is 1.85. The molecule has 0 bridgehead atoms. The second-order valence-electron chi connectivity index (χ2n) is 5.22. The first kappa shape index (κ1) is 15.7. The van der Waals surface area contributed by atoms with E-state index in [1.807, 2.05) is 0 Å². The van der Waals surface area contributed by atoms with Crippen LogP contribution in [0.5, 0.6) is 0 Å². The average molecular weight is 383 g/mol. The van der Waals surface area contributed by atoms with E-state index in [2.05, 4.69) is 20.9 Å². The number of carboxylic acids is 1. The van der Waals surface area contributed by atoms with Crippen molar-refractivity contribution >= 4 is 27.8 Å². The van der Waals surface area contributed by atoms with Gasteiger partial charge in [0.1, 0.15) is 18.6 Å². The predicted molar refractivity (Wildman–Crippen MR) is 81.3 cm³/mol. The molecule has 0 atom stereocenters. The van der Waals surface area contributed by atoms with Gasteiger partial charge in [-0.25, -0.2) is 9.37 Å². The van der Waals surface area contributed by atoms with Crippen molar-refractivity contribution in [3.63, 3.8) is 0 Å². The lowest BCUT2D eigenvalue weighted by Crippen LogP contribution is -2.37. The van der Waals surface area contributed by atoms with Crippen LogP contribution < -0.4 is 0 Å². The van der Waals surface area contributed by atoms with Crippen LogP contribution in [0.25, 0.3) is 11.5 Å². The van der Waals surface area contributed by atoms with Crippen molar-refractivity contribution in [2.24, 2.45) is 0 Å². The first-order valence-electron chi connectivity index (χ1n) is 6.89. The molecule has 6 nitrogen and oxygen atoms in total. The number of aliphatic carboxylic acids is 1. The van der Waals surface area contributed by atoms with Gasteiger partial charge in [-0.2, -0.15) is 0 Å². The molecule has 8 heteroatoms. The van der Waals surface area contributed by atoms with Crippen molar-refractivity contribution in [3.8, 4) is 11.5 Å². The minimum Gasteiger partial charge on any atom is -0.480 e. The maximum absolute atomic E-state index is 13.9. The number of aromatic nitrogens is 1. The van der Waals surface area contributed by atoms with Crippen LogP contribution in [0.15, 0.2) is 33.4 Å². The summed E-state index contributed by atoms with van der Waals surface area (Å²) in [5.74, 6) is -2.18. The molecule has 120 valence electrons. The third-order valence-corrected chi connectivity index (χ3v) is 3.93. The fraction of sp³-hybridized carbons (Fsp3) is 0.267. The minimum absolute atomic E-state index is 0.0237. The van der Waals surface area contributed by atoms with E-state index in [1.54, 1.807) is 6.07 Å². The molecule has 2 aromatic rings. The molecule has 1 aliphatic rings. The molecular weight excluding hydrogens is 371 g/mol. The zero-order chi connectivity index (χ0) is 16.6. The number of oxazole rings is 1. The van der Waals surface area contributed by atoms with E-state index in [9.17, 15) is 14.0 Å². The highest BCUT2D eigenvalue weighted by Crippen LogP contribution is 2.29. The van der Waals surface area contributed by atoms with E-state index in [4.69, 9.17) is 9.52 Å². The molecule has 1 aromatic heterocycles. The predicted octanol–water partition coefficient (Wildman–Crippen LogP) is 2.93. The summed E-state index contributed by atoms with van der Waals surface area (Å²) in [5, 5.41) is 8.91. The Bertz CT molecular complexity index is 773. The maximum atomic E-state index is 13.9. The van der Waals surface area contributed by atoms with Gasteiger partial charge < -0.3 is 14.4 Å². The quantitative estimate of drug-likeness (QED) is 0.859. The monoisotopic (exact) mass is 382 g/mol. The molecule has 0 unspecified atom stereocenters. The molecule has 23 heavy (non-hydrogen) atoms. The van der Waals surface area contributed by atoms with Gasteiger partial charge in [0.15, 0.2) is 5.69 Å². The van der Waals surface area contributed by atoms with E-state index < -0.39 is 24.2 Å². The second kappa shape index (κ2) is 6.11. The highest BCUT2D eigenvalue weighted by molar-refractivity contribution is 9.10. The van der Waals surface area contributed by atoms with Crippen LogP contribution in [0, 0.1) is 5.82 Å². The van der Waals surface area contributed by atoms with Gasteiger partial charge >= 0.3 is 5.97 Å². The van der Waals surface area contributed by atoms with Gasteiger partial charge in [-0.05, 0) is 31.0 Å². The number of carboxylic acid groups (broad SMARTS) is 1. The highest BCUT2D eigenvalue weighted by Gasteiger charge is 2.35. The zero-order valence-electron chi connectivity index (χ0n) is 11.8. The molecule has 0 radical (unpaired) electrons. The smallest absolute Gasteiger partial charge is 0.323 e. The highest BCUT2D eigenvalue weighted by atomic mass is 79.9. The summed E-state index contributed by atoms with van der Waals surface area (Å²) < 4.78 is 19.7. The van der Waals surface area contributed by atoms with Crippen molar-refractivity contribution in [2.45, 2.75) is 18.9 Å². The van der Waals surface area contributed by atoms with Gasteiger partial charge in [0.05, 0.1) is 5.56 Å². The SMILES string of the molecule is O=C(O)CN(C(=O)c1coc(-c2ccc(Br)cc2F)n1)C1CC1. The third kappa shape index (κ3) is 3.42. The topological polar surface area (TPSA) is 83.6 Å². The lowest BCUT2D eigenvalue weighted by molar-refractivity contribution is -0.137. The maximum Gasteiger partial charge on any atom is 0.323 e. The molecule has 1 saturated carbocycles. The van der Waals surface area contributed by atoms with E-state index >= 15 is 0 Å². The Hall–Kier alpha value is -2.22. The van der Waals surface area contributed by atoms with E-state index in [1.165, 1.54) is 17.0 Å². The number of hydrogen-bond donors (Lipinski definition) is 1. The van der Waals surface area contributed by atoms with Crippen molar-refractivity contribution in [2.75, 3.05) is 6.54 Å². The Kier molecular flexibility index (Phi) is 4.16. The van der Waals surface area contributed by atoms with Crippen LogP contribution in [0.1, 0.15) is 23.3 Å². The Morgan fingerprint density at radius 2 is 2.17 bits per heavy atom. The molecule has 1 aliphatic carbocycles. The van der Waals surface area contributed by atoms with E-state index in [0.29, 0.717) is 4.47 Å². The summed E-state index contributed by atoms with van der Waals surface area (Å²) in [7, 11) is 0. The molecule has 1 amide bonds. The fourth-order valence-electron chi connectivity index (χ4n) is 2.20. The summed E-state index contributed by atoms with van der Waals surface area (Å²) in [6.45, 7) is -0.391. The number of nitrogens with zero attached hydrogens (tertiary/aromatic N) is 2. The van der Waals surface area contributed by atoms with Crippen molar-refractivity contribution < 1.29 is 23.5 Å². The zero-order valence-corrected chi connectivity index (χ0v) is 13.4. The first-order chi connectivity index (χ1) is 11.0. The number of hydrogen-bond acceptors (Lipinski definition) is 4. The molecule has 0 spiro atoms. The molecule has 1 fully saturated rings. The molecule has 3 rings (SSSR count). The second-order valence-corrected chi connectivity index (χ2v) is 6.14. The van der Waals surface area contributed by atoms with E-state index in [0.717, 1.165) is 19.1 Å². The van der Waals surface area contributed by atoms with Gasteiger partial charge in [-0.15, -0.1) is 0 Å². The lowest BCUT2D eigenvalue weighted by Gasteiger charge is -2.18. The van der Waals surface area contributed by atoms with Crippen molar-refractivity contribution in [1.82, 2.24) is 9.88 Å². The molecule has 0 saturated heterocycles. The number of carbonyl (C=O) groups excluding carboxylic acids is 1. The molecular formula is C15H12BrFN2O4. The molecule has 1 heterocycles. The van der Waals surface area contributed by atoms with Crippen LogP contribution >= 0.6 is 15.9 Å². The summed E-state index contributed by atoms with van der Waals surface area (Å²) in [5.41, 5.74) is 0.0962. The van der Waals surface area contributed by atoms with E-state index in [-0.39, 0.29) is 23.2 Å². The Morgan fingerprint density at radius 3 is 2.78 bits per heavy atom. The molecule has 1 N–H and O–H groups in total. The van der Waals surface area contributed by atoms with Gasteiger partial charge in [0, 0.05) is 10.5 Å². The van der Waals surface area contributed by atoms with Crippen molar-refractivity contribution in [3.05, 3.63) is 40.4 Å². The largest absolute Gasteiger partial charge is 0.480 e. The molecule has 1 aromatic carbocycles. The van der Waals surface area contributed by atoms with Crippen LogP contribution in [0.4, 0.5) is 4.39 Å². The number of amides is 1. The first-order valence-corrected chi connectivity index (χ1v) is 7.68. The van der Waals surface area contributed by atoms with Gasteiger partial charge in [0.25, 0.3) is 5.91 Å². The van der Waals surface area contributed by atoms with Crippen LogP contribution in [0.3, 0.4) is 0 Å². The van der Waals surface area contributed by atoms with Crippen LogP contribution in [0.2, 0.25) is 0 Å². The number of benzene rings is 1. The van der Waals surface area contributed by atoms with Crippen LogP contribution in [-0.2, 0) is 4.79 Å². The van der Waals surface area contributed by atoms with Gasteiger partial charge in [-0.3, -0.25) is 9.59 Å². The standard InChI is InChI=1S/C15H12BrFN2O4/c16-8-1-4-10(11(17)5-8)14-18-12(7-23-14)15(22)19(6-13(20)21)9-2-3-9/h1,4-5,7,9H,2-3,6H2,(H,20,21). The number of rotatable bonds is 5. The normalized spacial score (nSPS) is 13.8. The summed E-state index contributed by atoms with van der Waals surface area (Å²) in [6, 6.07) is 4.30. The summed E-state index contributed by atoms with van der Waals surface area (Å²) in [6.07, 6.45) is 2.66. The average Bonchev–Trinajstić information content (AvgIpc) is 3.21. The third-order valence-electron chi connectivity index (χ3n) is 3.44. The molecule has 0 aliphatic heterocycles.